The Morgan fingerprint density at radius 2 is 1.66 bits per heavy atom. The summed E-state index contributed by atoms with van der Waals surface area (Å²) in [6.07, 6.45) is 0.746. The average Bonchev–Trinajstić information content (AvgIpc) is 2.97. The molecule has 0 atom stereocenters. The van der Waals surface area contributed by atoms with Crippen LogP contribution in [0.15, 0.2) is 35.2 Å². The number of ether oxygens (including phenoxy) is 5. The summed E-state index contributed by atoms with van der Waals surface area (Å²) in [4.78, 5) is 0.103. The van der Waals surface area contributed by atoms with Gasteiger partial charge >= 0.3 is 0 Å². The number of methoxy groups -OCH3 is 2. The molecule has 8 nitrogen and oxygen atoms in total. The van der Waals surface area contributed by atoms with Gasteiger partial charge < -0.3 is 23.7 Å². The summed E-state index contributed by atoms with van der Waals surface area (Å²) >= 11 is 0. The quantitative estimate of drug-likeness (QED) is 0.698. The van der Waals surface area contributed by atoms with Gasteiger partial charge in [-0.1, -0.05) is 0 Å². The first-order valence-electron chi connectivity index (χ1n) is 9.25. The fourth-order valence-electron chi connectivity index (χ4n) is 2.90. The number of benzene rings is 2. The van der Waals surface area contributed by atoms with Gasteiger partial charge in [-0.2, -0.15) is 0 Å². The summed E-state index contributed by atoms with van der Waals surface area (Å²) in [5, 5.41) is 0. The first kappa shape index (κ1) is 21.1. The molecule has 0 spiro atoms. The third kappa shape index (κ3) is 4.86. The lowest BCUT2D eigenvalue weighted by molar-refractivity contribution is 0.288. The van der Waals surface area contributed by atoms with Gasteiger partial charge in [0.1, 0.15) is 0 Å². The summed E-state index contributed by atoms with van der Waals surface area (Å²) in [5.74, 6) is 2.39. The van der Waals surface area contributed by atoms with Crippen molar-refractivity contribution in [2.45, 2.75) is 24.8 Å². The zero-order valence-electron chi connectivity index (χ0n) is 16.7. The standard InChI is InChI=1S/C20H25NO7S/c1-4-26-20-18(24-2)10-14(11-19(20)25-3)13-21-29(22,23)15-6-7-16-17(12-15)28-9-5-8-27-16/h6-7,10-12,21H,4-5,8-9,13H2,1-3H3. The molecule has 3 rings (SSSR count). The second-order valence-electron chi connectivity index (χ2n) is 6.25. The molecule has 0 saturated carbocycles. The van der Waals surface area contributed by atoms with Gasteiger partial charge in [-0.05, 0) is 36.8 Å². The minimum atomic E-state index is -3.76. The second-order valence-corrected chi connectivity index (χ2v) is 8.01. The fraction of sp³-hybridized carbons (Fsp3) is 0.400. The van der Waals surface area contributed by atoms with Crippen LogP contribution in [-0.4, -0.2) is 42.5 Å². The number of hydrogen-bond acceptors (Lipinski definition) is 7. The normalized spacial score (nSPS) is 13.5. The van der Waals surface area contributed by atoms with E-state index in [1.165, 1.54) is 26.4 Å². The Morgan fingerprint density at radius 1 is 1.00 bits per heavy atom. The minimum absolute atomic E-state index is 0.0515. The fourth-order valence-corrected chi connectivity index (χ4v) is 3.93. The molecule has 0 aliphatic carbocycles. The van der Waals surface area contributed by atoms with Crippen LogP contribution in [0.3, 0.4) is 0 Å². The van der Waals surface area contributed by atoms with Crippen molar-refractivity contribution >= 4 is 10.0 Å². The highest BCUT2D eigenvalue weighted by Crippen LogP contribution is 2.38. The Bertz CT molecular complexity index is 934. The van der Waals surface area contributed by atoms with E-state index >= 15 is 0 Å². The van der Waals surface area contributed by atoms with E-state index in [1.807, 2.05) is 6.92 Å². The van der Waals surface area contributed by atoms with Crippen molar-refractivity contribution in [2.75, 3.05) is 34.0 Å². The van der Waals surface area contributed by atoms with Crippen molar-refractivity contribution in [3.63, 3.8) is 0 Å². The van der Waals surface area contributed by atoms with Crippen molar-refractivity contribution in [2.24, 2.45) is 0 Å². The number of nitrogens with one attached hydrogen (secondary N) is 1. The predicted molar refractivity (Wildman–Crippen MR) is 107 cm³/mol. The third-order valence-electron chi connectivity index (χ3n) is 4.30. The van der Waals surface area contributed by atoms with Crippen LogP contribution in [0.1, 0.15) is 18.9 Å². The number of fused-ring (bicyclic) bond motifs is 1. The van der Waals surface area contributed by atoms with E-state index in [0.717, 1.165) is 6.42 Å². The SMILES string of the molecule is CCOc1c(OC)cc(CNS(=O)(=O)c2ccc3c(c2)OCCCO3)cc1OC. The monoisotopic (exact) mass is 423 g/mol. The van der Waals surface area contributed by atoms with E-state index in [-0.39, 0.29) is 11.4 Å². The van der Waals surface area contributed by atoms with E-state index in [2.05, 4.69) is 4.72 Å². The maximum Gasteiger partial charge on any atom is 0.241 e. The van der Waals surface area contributed by atoms with E-state index in [1.54, 1.807) is 18.2 Å². The Hall–Kier alpha value is -2.65. The van der Waals surface area contributed by atoms with E-state index in [9.17, 15) is 8.42 Å². The number of sulfonamides is 1. The predicted octanol–water partition coefficient (Wildman–Crippen LogP) is 2.74. The molecule has 0 fully saturated rings. The van der Waals surface area contributed by atoms with Crippen molar-refractivity contribution < 1.29 is 32.1 Å². The lowest BCUT2D eigenvalue weighted by Crippen LogP contribution is -2.23. The molecule has 0 unspecified atom stereocenters. The Kier molecular flexibility index (Phi) is 6.71. The first-order chi connectivity index (χ1) is 14.0. The molecule has 158 valence electrons. The van der Waals surface area contributed by atoms with Gasteiger partial charge in [-0.25, -0.2) is 13.1 Å². The van der Waals surface area contributed by atoms with Crippen LogP contribution in [-0.2, 0) is 16.6 Å². The molecule has 1 heterocycles. The third-order valence-corrected chi connectivity index (χ3v) is 5.70. The topological polar surface area (TPSA) is 92.3 Å². The minimum Gasteiger partial charge on any atom is -0.493 e. The van der Waals surface area contributed by atoms with Crippen molar-refractivity contribution in [1.29, 1.82) is 0 Å². The first-order valence-corrected chi connectivity index (χ1v) is 10.7. The smallest absolute Gasteiger partial charge is 0.241 e. The Morgan fingerprint density at radius 3 is 2.28 bits per heavy atom. The van der Waals surface area contributed by atoms with Crippen LogP contribution in [0.25, 0.3) is 0 Å². The summed E-state index contributed by atoms with van der Waals surface area (Å²) in [6, 6.07) is 8.00. The molecule has 2 aromatic carbocycles. The zero-order chi connectivity index (χ0) is 20.9. The van der Waals surface area contributed by atoms with Crippen molar-refractivity contribution in [1.82, 2.24) is 4.72 Å². The molecule has 9 heteroatoms. The lowest BCUT2D eigenvalue weighted by atomic mass is 10.2. The molecule has 1 aliphatic heterocycles. The Balaban J connectivity index is 1.81. The molecule has 0 bridgehead atoms. The average molecular weight is 423 g/mol. The molecular formula is C20H25NO7S. The molecule has 2 aromatic rings. The molecule has 29 heavy (non-hydrogen) atoms. The molecule has 0 radical (unpaired) electrons. The molecule has 1 N–H and O–H groups in total. The van der Waals surface area contributed by atoms with Gasteiger partial charge in [0, 0.05) is 19.0 Å². The Labute approximate surface area is 170 Å². The number of hydrogen-bond donors (Lipinski definition) is 1. The van der Waals surface area contributed by atoms with Gasteiger partial charge in [0.15, 0.2) is 23.0 Å². The van der Waals surface area contributed by atoms with Crippen LogP contribution < -0.4 is 28.4 Å². The van der Waals surface area contributed by atoms with Crippen LogP contribution >= 0.6 is 0 Å². The van der Waals surface area contributed by atoms with Gasteiger partial charge in [0.2, 0.25) is 15.8 Å². The zero-order valence-corrected chi connectivity index (χ0v) is 17.5. The van der Waals surface area contributed by atoms with Gasteiger partial charge in [-0.15, -0.1) is 0 Å². The van der Waals surface area contributed by atoms with Crippen LogP contribution in [0.5, 0.6) is 28.7 Å². The van der Waals surface area contributed by atoms with Crippen LogP contribution in [0.2, 0.25) is 0 Å². The molecule has 1 aliphatic rings. The highest BCUT2D eigenvalue weighted by Gasteiger charge is 2.20. The van der Waals surface area contributed by atoms with Gasteiger partial charge in [0.25, 0.3) is 0 Å². The second kappa shape index (κ2) is 9.23. The van der Waals surface area contributed by atoms with E-state index in [0.29, 0.717) is 54.1 Å². The summed E-state index contributed by atoms with van der Waals surface area (Å²) in [5.41, 5.74) is 0.667. The highest BCUT2D eigenvalue weighted by molar-refractivity contribution is 7.89. The molecule has 0 aromatic heterocycles. The molecular weight excluding hydrogens is 398 g/mol. The number of rotatable bonds is 8. The van der Waals surface area contributed by atoms with Crippen molar-refractivity contribution in [3.8, 4) is 28.7 Å². The maximum absolute atomic E-state index is 12.8. The van der Waals surface area contributed by atoms with Crippen LogP contribution in [0.4, 0.5) is 0 Å². The summed E-state index contributed by atoms with van der Waals surface area (Å²) in [7, 11) is -0.728. The van der Waals surface area contributed by atoms with Crippen molar-refractivity contribution in [3.05, 3.63) is 35.9 Å². The maximum atomic E-state index is 12.8. The summed E-state index contributed by atoms with van der Waals surface area (Å²) in [6.45, 7) is 3.38. The largest absolute Gasteiger partial charge is 0.493 e. The van der Waals surface area contributed by atoms with E-state index < -0.39 is 10.0 Å². The molecule has 0 amide bonds. The van der Waals surface area contributed by atoms with Gasteiger partial charge in [-0.3, -0.25) is 0 Å². The van der Waals surface area contributed by atoms with Crippen LogP contribution in [0, 0.1) is 0 Å². The van der Waals surface area contributed by atoms with Gasteiger partial charge in [0.05, 0.1) is 38.9 Å². The molecule has 0 saturated heterocycles. The lowest BCUT2D eigenvalue weighted by Gasteiger charge is -2.16. The highest BCUT2D eigenvalue weighted by atomic mass is 32.2. The summed E-state index contributed by atoms with van der Waals surface area (Å²) < 4.78 is 55.5. The van der Waals surface area contributed by atoms with E-state index in [4.69, 9.17) is 23.7 Å².